The van der Waals surface area contributed by atoms with Crippen LogP contribution >= 0.6 is 0 Å². The normalized spacial score (nSPS) is 8.82. The second-order valence-electron chi connectivity index (χ2n) is 4.12. The van der Waals surface area contributed by atoms with E-state index in [9.17, 15) is 0 Å². The Kier molecular flexibility index (Phi) is 5.04. The Morgan fingerprint density at radius 3 is 1.88 bits per heavy atom. The summed E-state index contributed by atoms with van der Waals surface area (Å²) < 4.78 is 0. The third kappa shape index (κ3) is 4.57. The predicted octanol–water partition coefficient (Wildman–Crippen LogP) is 4.28. The zero-order chi connectivity index (χ0) is 12.7. The molecule has 0 aromatic heterocycles. The summed E-state index contributed by atoms with van der Waals surface area (Å²) in [5.41, 5.74) is 4.76. The summed E-state index contributed by atoms with van der Waals surface area (Å²) in [6, 6.07) is 16.4. The lowest BCUT2D eigenvalue weighted by Crippen LogP contribution is -1.81. The molecule has 0 aliphatic rings. The maximum absolute atomic E-state index is 5.25. The Bertz CT molecular complexity index is 501. The van der Waals surface area contributed by atoms with Crippen LogP contribution in [-0.2, 0) is 0 Å². The SMILES string of the molecule is C#Cc1ccc(C)cc1C.Cc1ccccc1. The maximum Gasteiger partial charge on any atom is 0.0271 e. The van der Waals surface area contributed by atoms with Crippen molar-refractivity contribution >= 4 is 0 Å². The first-order chi connectivity index (χ1) is 8.13. The first kappa shape index (κ1) is 13.1. The van der Waals surface area contributed by atoms with E-state index in [0.717, 1.165) is 5.56 Å². The fourth-order valence-electron chi connectivity index (χ4n) is 1.51. The zero-order valence-corrected chi connectivity index (χ0v) is 10.7. The van der Waals surface area contributed by atoms with Gasteiger partial charge in [0.05, 0.1) is 0 Å². The van der Waals surface area contributed by atoms with Gasteiger partial charge in [0.1, 0.15) is 0 Å². The van der Waals surface area contributed by atoms with Crippen molar-refractivity contribution in [2.24, 2.45) is 0 Å². The smallest absolute Gasteiger partial charge is 0.0271 e. The van der Waals surface area contributed by atoms with Crippen LogP contribution in [0.25, 0.3) is 0 Å². The van der Waals surface area contributed by atoms with E-state index < -0.39 is 0 Å². The number of terminal acetylenes is 1. The van der Waals surface area contributed by atoms with E-state index in [1.165, 1.54) is 16.7 Å². The minimum Gasteiger partial charge on any atom is -0.115 e. The number of aryl methyl sites for hydroxylation is 3. The van der Waals surface area contributed by atoms with Gasteiger partial charge in [-0.3, -0.25) is 0 Å². The van der Waals surface area contributed by atoms with Crippen LogP contribution in [-0.4, -0.2) is 0 Å². The van der Waals surface area contributed by atoms with Gasteiger partial charge in [-0.15, -0.1) is 6.42 Å². The molecule has 0 amide bonds. The Labute approximate surface area is 104 Å². The third-order valence-electron chi connectivity index (χ3n) is 2.48. The fourth-order valence-corrected chi connectivity index (χ4v) is 1.51. The largest absolute Gasteiger partial charge is 0.115 e. The molecule has 0 bridgehead atoms. The molecule has 17 heavy (non-hydrogen) atoms. The lowest BCUT2D eigenvalue weighted by molar-refractivity contribution is 1.36. The topological polar surface area (TPSA) is 0 Å². The van der Waals surface area contributed by atoms with Crippen LogP contribution in [0.1, 0.15) is 22.3 Å². The monoisotopic (exact) mass is 222 g/mol. The first-order valence-electron chi connectivity index (χ1n) is 5.69. The van der Waals surface area contributed by atoms with Crippen LogP contribution in [0.2, 0.25) is 0 Å². The summed E-state index contributed by atoms with van der Waals surface area (Å²) >= 11 is 0. The predicted molar refractivity (Wildman–Crippen MR) is 75.0 cm³/mol. The Morgan fingerprint density at radius 2 is 1.47 bits per heavy atom. The molecule has 0 aliphatic carbocycles. The Hall–Kier alpha value is -2.00. The van der Waals surface area contributed by atoms with Crippen LogP contribution < -0.4 is 0 Å². The van der Waals surface area contributed by atoms with Crippen molar-refractivity contribution in [2.75, 3.05) is 0 Å². The van der Waals surface area contributed by atoms with E-state index in [4.69, 9.17) is 6.42 Å². The Balaban J connectivity index is 0.000000181. The summed E-state index contributed by atoms with van der Waals surface area (Å²) in [6.45, 7) is 6.18. The molecule has 2 aromatic carbocycles. The average Bonchev–Trinajstić information content (AvgIpc) is 2.31. The van der Waals surface area contributed by atoms with Gasteiger partial charge in [-0.25, -0.2) is 0 Å². The van der Waals surface area contributed by atoms with Crippen molar-refractivity contribution in [3.8, 4) is 12.3 Å². The van der Waals surface area contributed by atoms with Crippen LogP contribution in [0.15, 0.2) is 48.5 Å². The number of hydrogen-bond donors (Lipinski definition) is 0. The molecule has 2 aromatic rings. The van der Waals surface area contributed by atoms with E-state index in [2.05, 4.69) is 38.0 Å². The Morgan fingerprint density at radius 1 is 0.824 bits per heavy atom. The molecular formula is C17H18. The maximum atomic E-state index is 5.25. The lowest BCUT2D eigenvalue weighted by atomic mass is 10.1. The highest BCUT2D eigenvalue weighted by Gasteiger charge is 1.91. The molecule has 2 rings (SSSR count). The molecule has 0 nitrogen and oxygen atoms in total. The highest BCUT2D eigenvalue weighted by Crippen LogP contribution is 2.08. The molecule has 0 fully saturated rings. The molecule has 0 saturated heterocycles. The quantitative estimate of drug-likeness (QED) is 0.584. The van der Waals surface area contributed by atoms with Crippen molar-refractivity contribution < 1.29 is 0 Å². The van der Waals surface area contributed by atoms with Gasteiger partial charge in [0.15, 0.2) is 0 Å². The number of hydrogen-bond acceptors (Lipinski definition) is 0. The molecule has 0 aliphatic heterocycles. The number of benzene rings is 2. The second-order valence-corrected chi connectivity index (χ2v) is 4.12. The standard InChI is InChI=1S/C10H10.C7H8/c1-4-10-6-5-8(2)7-9(10)3;1-7-5-3-2-4-6-7/h1,5-7H,2-3H3;2-6H,1H3. The van der Waals surface area contributed by atoms with Crippen molar-refractivity contribution in [1.82, 2.24) is 0 Å². The molecule has 0 N–H and O–H groups in total. The van der Waals surface area contributed by atoms with E-state index in [-0.39, 0.29) is 0 Å². The molecule has 0 heterocycles. The van der Waals surface area contributed by atoms with Crippen molar-refractivity contribution in [3.63, 3.8) is 0 Å². The van der Waals surface area contributed by atoms with Gasteiger partial charge in [0.25, 0.3) is 0 Å². The zero-order valence-electron chi connectivity index (χ0n) is 10.7. The third-order valence-corrected chi connectivity index (χ3v) is 2.48. The first-order valence-corrected chi connectivity index (χ1v) is 5.69. The minimum atomic E-state index is 0.991. The van der Waals surface area contributed by atoms with Gasteiger partial charge in [0.2, 0.25) is 0 Å². The summed E-state index contributed by atoms with van der Waals surface area (Å²) in [6.07, 6.45) is 5.25. The minimum absolute atomic E-state index is 0.991. The van der Waals surface area contributed by atoms with Gasteiger partial charge >= 0.3 is 0 Å². The molecule has 0 radical (unpaired) electrons. The molecule has 0 unspecified atom stereocenters. The average molecular weight is 222 g/mol. The molecule has 86 valence electrons. The van der Waals surface area contributed by atoms with Crippen LogP contribution in [0.5, 0.6) is 0 Å². The van der Waals surface area contributed by atoms with Crippen molar-refractivity contribution in [2.45, 2.75) is 20.8 Å². The summed E-state index contributed by atoms with van der Waals surface area (Å²) in [5.74, 6) is 2.62. The van der Waals surface area contributed by atoms with E-state index in [0.29, 0.717) is 0 Å². The molecule has 0 atom stereocenters. The molecular weight excluding hydrogens is 204 g/mol. The van der Waals surface area contributed by atoms with Crippen LogP contribution in [0.4, 0.5) is 0 Å². The van der Waals surface area contributed by atoms with Gasteiger partial charge < -0.3 is 0 Å². The number of rotatable bonds is 0. The highest BCUT2D eigenvalue weighted by molar-refractivity contribution is 5.40. The summed E-state index contributed by atoms with van der Waals surface area (Å²) in [5, 5.41) is 0. The fraction of sp³-hybridized carbons (Fsp3) is 0.176. The molecule has 0 spiro atoms. The molecule has 0 heteroatoms. The van der Waals surface area contributed by atoms with Crippen molar-refractivity contribution in [1.29, 1.82) is 0 Å². The molecule has 0 saturated carbocycles. The summed E-state index contributed by atoms with van der Waals surface area (Å²) in [4.78, 5) is 0. The summed E-state index contributed by atoms with van der Waals surface area (Å²) in [7, 11) is 0. The highest BCUT2D eigenvalue weighted by atomic mass is 14.0. The van der Waals surface area contributed by atoms with Gasteiger partial charge in [0, 0.05) is 5.56 Å². The van der Waals surface area contributed by atoms with E-state index in [1.54, 1.807) is 0 Å². The van der Waals surface area contributed by atoms with Crippen molar-refractivity contribution in [3.05, 3.63) is 70.8 Å². The van der Waals surface area contributed by atoms with Gasteiger partial charge in [-0.05, 0) is 32.4 Å². The van der Waals surface area contributed by atoms with Gasteiger partial charge in [-0.1, -0.05) is 59.5 Å². The lowest BCUT2D eigenvalue weighted by Gasteiger charge is -1.97. The van der Waals surface area contributed by atoms with Crippen LogP contribution in [0.3, 0.4) is 0 Å². The second kappa shape index (κ2) is 6.55. The van der Waals surface area contributed by atoms with E-state index >= 15 is 0 Å². The van der Waals surface area contributed by atoms with Crippen LogP contribution in [0, 0.1) is 33.1 Å². The van der Waals surface area contributed by atoms with E-state index in [1.807, 2.05) is 37.3 Å². The van der Waals surface area contributed by atoms with Gasteiger partial charge in [-0.2, -0.15) is 0 Å².